The smallest absolute Gasteiger partial charge is 0.220 e. The molecule has 0 saturated heterocycles. The highest BCUT2D eigenvalue weighted by Crippen LogP contribution is 2.31. The van der Waals surface area contributed by atoms with Crippen LogP contribution < -0.4 is 5.32 Å². The SMILES string of the molecule is CCCCCCc1c(C(=O)C[C@@H](C)CC(=O)NC(C)c2ccccc2)c2cc(Cl)ccc2n1C. The molecule has 1 aromatic heterocycles. The van der Waals surface area contributed by atoms with Crippen LogP contribution in [0.2, 0.25) is 5.02 Å². The molecule has 1 unspecified atom stereocenters. The zero-order chi connectivity index (χ0) is 24.7. The summed E-state index contributed by atoms with van der Waals surface area (Å²) in [6, 6.07) is 15.6. The van der Waals surface area contributed by atoms with Crippen molar-refractivity contribution in [2.75, 3.05) is 0 Å². The summed E-state index contributed by atoms with van der Waals surface area (Å²) in [5.74, 6) is 0.00466. The average Bonchev–Trinajstić information content (AvgIpc) is 3.07. The summed E-state index contributed by atoms with van der Waals surface area (Å²) in [6.07, 6.45) is 6.11. The average molecular weight is 481 g/mol. The predicted molar refractivity (Wildman–Crippen MR) is 142 cm³/mol. The van der Waals surface area contributed by atoms with Gasteiger partial charge >= 0.3 is 0 Å². The van der Waals surface area contributed by atoms with E-state index in [2.05, 4.69) is 16.8 Å². The van der Waals surface area contributed by atoms with Crippen LogP contribution in [0.15, 0.2) is 48.5 Å². The number of nitrogens with zero attached hydrogens (tertiary/aromatic N) is 1. The molecule has 3 rings (SSSR count). The van der Waals surface area contributed by atoms with Crippen molar-refractivity contribution in [2.24, 2.45) is 13.0 Å². The van der Waals surface area contributed by atoms with Crippen LogP contribution >= 0.6 is 11.6 Å². The molecule has 0 fully saturated rings. The van der Waals surface area contributed by atoms with Gasteiger partial charge < -0.3 is 9.88 Å². The van der Waals surface area contributed by atoms with E-state index < -0.39 is 0 Å². The van der Waals surface area contributed by atoms with Crippen LogP contribution in [-0.4, -0.2) is 16.3 Å². The normalized spacial score (nSPS) is 13.1. The molecule has 2 aromatic carbocycles. The zero-order valence-electron chi connectivity index (χ0n) is 20.9. The van der Waals surface area contributed by atoms with Gasteiger partial charge in [-0.2, -0.15) is 0 Å². The minimum Gasteiger partial charge on any atom is -0.350 e. The van der Waals surface area contributed by atoms with E-state index in [1.807, 2.05) is 69.4 Å². The van der Waals surface area contributed by atoms with Gasteiger partial charge in [-0.1, -0.05) is 75.0 Å². The Bertz CT molecular complexity index is 1120. The fourth-order valence-corrected chi connectivity index (χ4v) is 4.90. The highest BCUT2D eigenvalue weighted by atomic mass is 35.5. The lowest BCUT2D eigenvalue weighted by atomic mass is 9.93. The van der Waals surface area contributed by atoms with Gasteiger partial charge in [-0.15, -0.1) is 0 Å². The fourth-order valence-electron chi connectivity index (χ4n) is 4.73. The minimum absolute atomic E-state index is 0.0302. The van der Waals surface area contributed by atoms with Crippen molar-refractivity contribution in [1.82, 2.24) is 9.88 Å². The van der Waals surface area contributed by atoms with Gasteiger partial charge in [0, 0.05) is 47.1 Å². The molecule has 0 aliphatic carbocycles. The molecule has 2 atom stereocenters. The topological polar surface area (TPSA) is 51.1 Å². The number of halogens is 1. The van der Waals surface area contributed by atoms with Gasteiger partial charge in [0.15, 0.2) is 5.78 Å². The Morgan fingerprint density at radius 2 is 1.74 bits per heavy atom. The number of aryl methyl sites for hydroxylation is 1. The molecule has 1 amide bonds. The Kier molecular flexibility index (Phi) is 9.35. The minimum atomic E-state index is -0.0634. The van der Waals surface area contributed by atoms with Crippen molar-refractivity contribution in [2.45, 2.75) is 71.8 Å². The van der Waals surface area contributed by atoms with Crippen LogP contribution in [0.25, 0.3) is 10.9 Å². The van der Waals surface area contributed by atoms with Crippen LogP contribution in [-0.2, 0) is 18.3 Å². The molecule has 3 aromatic rings. The molecule has 0 spiro atoms. The summed E-state index contributed by atoms with van der Waals surface area (Å²) in [5, 5.41) is 4.61. The Hall–Kier alpha value is -2.59. The predicted octanol–water partition coefficient (Wildman–Crippen LogP) is 7.43. The third-order valence-electron chi connectivity index (χ3n) is 6.57. The first-order chi connectivity index (χ1) is 16.3. The van der Waals surface area contributed by atoms with Crippen molar-refractivity contribution in [1.29, 1.82) is 0 Å². The number of unbranched alkanes of at least 4 members (excludes halogenated alkanes) is 3. The quantitative estimate of drug-likeness (QED) is 0.216. The molecule has 0 saturated carbocycles. The van der Waals surface area contributed by atoms with Crippen molar-refractivity contribution in [3.8, 4) is 0 Å². The van der Waals surface area contributed by atoms with Gasteiger partial charge in [-0.3, -0.25) is 9.59 Å². The lowest BCUT2D eigenvalue weighted by Gasteiger charge is -2.16. The van der Waals surface area contributed by atoms with Crippen molar-refractivity contribution in [3.63, 3.8) is 0 Å². The molecule has 4 nitrogen and oxygen atoms in total. The first-order valence-corrected chi connectivity index (χ1v) is 12.8. The molecule has 0 radical (unpaired) electrons. The second-order valence-corrected chi connectivity index (χ2v) is 9.93. The highest BCUT2D eigenvalue weighted by molar-refractivity contribution is 6.31. The van der Waals surface area contributed by atoms with Crippen LogP contribution in [0.3, 0.4) is 0 Å². The fraction of sp³-hybridized carbons (Fsp3) is 0.448. The lowest BCUT2D eigenvalue weighted by molar-refractivity contribution is -0.122. The van der Waals surface area contributed by atoms with Crippen molar-refractivity contribution < 1.29 is 9.59 Å². The summed E-state index contributed by atoms with van der Waals surface area (Å²) in [5.41, 5.74) is 3.95. The summed E-state index contributed by atoms with van der Waals surface area (Å²) in [4.78, 5) is 26.2. The molecular weight excluding hydrogens is 444 g/mol. The molecule has 1 N–H and O–H groups in total. The number of ketones is 1. The molecule has 5 heteroatoms. The second kappa shape index (κ2) is 12.2. The third-order valence-corrected chi connectivity index (χ3v) is 6.81. The third kappa shape index (κ3) is 6.50. The number of carbonyl (C=O) groups is 2. The van der Waals surface area contributed by atoms with Crippen LogP contribution in [0.5, 0.6) is 0 Å². The van der Waals surface area contributed by atoms with Crippen LogP contribution in [0, 0.1) is 5.92 Å². The zero-order valence-corrected chi connectivity index (χ0v) is 21.6. The summed E-state index contributed by atoms with van der Waals surface area (Å²) < 4.78 is 2.14. The number of Topliss-reactive ketones (excluding diaryl/α,β-unsaturated/α-hetero) is 1. The molecule has 182 valence electrons. The van der Waals surface area contributed by atoms with Gasteiger partial charge in [-0.25, -0.2) is 0 Å². The van der Waals surface area contributed by atoms with E-state index in [-0.39, 0.29) is 23.7 Å². The maximum atomic E-state index is 13.5. The Morgan fingerprint density at radius 1 is 1.00 bits per heavy atom. The summed E-state index contributed by atoms with van der Waals surface area (Å²) in [7, 11) is 2.03. The Labute approximate surface area is 208 Å². The van der Waals surface area contributed by atoms with Crippen molar-refractivity contribution in [3.05, 3.63) is 70.4 Å². The van der Waals surface area contributed by atoms with E-state index in [9.17, 15) is 9.59 Å². The number of benzene rings is 2. The largest absolute Gasteiger partial charge is 0.350 e. The number of aromatic nitrogens is 1. The number of hydrogen-bond acceptors (Lipinski definition) is 2. The van der Waals surface area contributed by atoms with E-state index in [4.69, 9.17) is 11.6 Å². The summed E-state index contributed by atoms with van der Waals surface area (Å²) in [6.45, 7) is 6.16. The first-order valence-electron chi connectivity index (χ1n) is 12.5. The molecule has 34 heavy (non-hydrogen) atoms. The monoisotopic (exact) mass is 480 g/mol. The number of fused-ring (bicyclic) bond motifs is 1. The van der Waals surface area contributed by atoms with Gasteiger partial charge in [-0.05, 0) is 49.4 Å². The van der Waals surface area contributed by atoms with E-state index in [0.717, 1.165) is 47.0 Å². The number of nitrogens with one attached hydrogen (secondary N) is 1. The number of rotatable bonds is 12. The van der Waals surface area contributed by atoms with Gasteiger partial charge in [0.1, 0.15) is 0 Å². The van der Waals surface area contributed by atoms with Gasteiger partial charge in [0.2, 0.25) is 5.91 Å². The molecular formula is C29H37ClN2O2. The van der Waals surface area contributed by atoms with E-state index >= 15 is 0 Å². The van der Waals surface area contributed by atoms with Crippen LogP contribution in [0.4, 0.5) is 0 Å². The maximum absolute atomic E-state index is 13.5. The lowest BCUT2D eigenvalue weighted by Crippen LogP contribution is -2.28. The van der Waals surface area contributed by atoms with E-state index in [1.54, 1.807) is 0 Å². The Morgan fingerprint density at radius 3 is 2.44 bits per heavy atom. The molecule has 0 bridgehead atoms. The number of carbonyl (C=O) groups excluding carboxylic acids is 2. The standard InChI is InChI=1S/C29H37ClN2O2/c1-5-6-7-11-14-26-29(24-19-23(30)15-16-25(24)32(26)4)27(33)17-20(2)18-28(34)31-21(3)22-12-9-8-10-13-22/h8-10,12-13,15-16,19-21H,5-7,11,14,17-18H2,1-4H3,(H,31,34)/t20-,21?/m1/s1. The van der Waals surface area contributed by atoms with Gasteiger partial charge in [0.05, 0.1) is 6.04 Å². The van der Waals surface area contributed by atoms with E-state index in [1.165, 1.54) is 12.8 Å². The second-order valence-electron chi connectivity index (χ2n) is 9.49. The number of amides is 1. The highest BCUT2D eigenvalue weighted by Gasteiger charge is 2.23. The molecule has 0 aliphatic heterocycles. The Balaban J connectivity index is 1.72. The number of hydrogen-bond donors (Lipinski definition) is 1. The molecule has 0 aliphatic rings. The van der Waals surface area contributed by atoms with Crippen molar-refractivity contribution >= 4 is 34.2 Å². The van der Waals surface area contributed by atoms with E-state index in [0.29, 0.717) is 17.9 Å². The molecule has 1 heterocycles. The summed E-state index contributed by atoms with van der Waals surface area (Å²) >= 11 is 6.30. The first kappa shape index (κ1) is 26.0. The maximum Gasteiger partial charge on any atom is 0.220 e. The van der Waals surface area contributed by atoms with Gasteiger partial charge in [0.25, 0.3) is 0 Å². The van der Waals surface area contributed by atoms with Crippen LogP contribution in [0.1, 0.15) is 87.0 Å².